The summed E-state index contributed by atoms with van der Waals surface area (Å²) in [6.45, 7) is 1.87. The van der Waals surface area contributed by atoms with Crippen LogP contribution in [0.2, 0.25) is 0 Å². The summed E-state index contributed by atoms with van der Waals surface area (Å²) in [6, 6.07) is 7.01. The molecule has 0 aliphatic rings. The molecule has 0 saturated heterocycles. The third kappa shape index (κ3) is 3.95. The van der Waals surface area contributed by atoms with Crippen molar-refractivity contribution >= 4 is 52.3 Å². The summed E-state index contributed by atoms with van der Waals surface area (Å²) in [5.41, 5.74) is 1.71. The van der Waals surface area contributed by atoms with Gasteiger partial charge in [0.05, 0.1) is 12.8 Å². The van der Waals surface area contributed by atoms with Gasteiger partial charge in [-0.05, 0) is 42.3 Å². The van der Waals surface area contributed by atoms with Crippen LogP contribution >= 0.6 is 23.1 Å². The average molecular weight is 364 g/mol. The number of benzene rings is 1. The lowest BCUT2D eigenvalue weighted by molar-refractivity contribution is -0.133. The number of hydrogen-bond donors (Lipinski definition) is 2. The molecule has 0 aliphatic heterocycles. The van der Waals surface area contributed by atoms with E-state index in [1.807, 2.05) is 19.2 Å². The highest BCUT2D eigenvalue weighted by Gasteiger charge is 2.20. The predicted octanol–water partition coefficient (Wildman–Crippen LogP) is 3.14. The highest BCUT2D eigenvalue weighted by atomic mass is 32.2. The molecule has 0 spiro atoms. The number of methoxy groups -OCH3 is 1. The molecule has 1 aromatic carbocycles. The Morgan fingerprint density at radius 3 is 2.38 bits per heavy atom. The predicted molar refractivity (Wildman–Crippen MR) is 95.9 cm³/mol. The maximum absolute atomic E-state index is 12.1. The number of amides is 2. The van der Waals surface area contributed by atoms with Crippen molar-refractivity contribution in [2.75, 3.05) is 24.0 Å². The Kier molecular flexibility index (Phi) is 5.99. The number of thiophene rings is 1. The number of anilines is 2. The number of rotatable bonds is 4. The van der Waals surface area contributed by atoms with Gasteiger partial charge in [0, 0.05) is 10.6 Å². The largest absolute Gasteiger partial charge is 0.465 e. The van der Waals surface area contributed by atoms with E-state index in [0.717, 1.165) is 21.8 Å². The van der Waals surface area contributed by atoms with Gasteiger partial charge >= 0.3 is 17.8 Å². The molecule has 2 aromatic rings. The number of hydrogen-bond acceptors (Lipinski definition) is 6. The Morgan fingerprint density at radius 2 is 1.75 bits per heavy atom. The summed E-state index contributed by atoms with van der Waals surface area (Å²) in [6.07, 6.45) is 1.94. The molecule has 0 aliphatic carbocycles. The van der Waals surface area contributed by atoms with Gasteiger partial charge in [0.15, 0.2) is 0 Å². The molecule has 2 N–H and O–H groups in total. The van der Waals surface area contributed by atoms with E-state index in [4.69, 9.17) is 0 Å². The minimum absolute atomic E-state index is 0.235. The number of carbonyl (C=O) groups excluding carboxylic acids is 3. The van der Waals surface area contributed by atoms with Gasteiger partial charge in [0.1, 0.15) is 4.88 Å². The topological polar surface area (TPSA) is 84.5 Å². The molecule has 0 fully saturated rings. The van der Waals surface area contributed by atoms with Crippen molar-refractivity contribution in [3.63, 3.8) is 0 Å². The summed E-state index contributed by atoms with van der Waals surface area (Å²) in [4.78, 5) is 37.0. The Hall–Kier alpha value is -2.32. The van der Waals surface area contributed by atoms with Gasteiger partial charge in [-0.25, -0.2) is 4.79 Å². The fourth-order valence-corrected chi connectivity index (χ4v) is 3.38. The van der Waals surface area contributed by atoms with E-state index in [1.165, 1.54) is 7.11 Å². The maximum Gasteiger partial charge on any atom is 0.350 e. The molecule has 1 heterocycles. The van der Waals surface area contributed by atoms with Crippen molar-refractivity contribution in [3.05, 3.63) is 40.1 Å². The lowest BCUT2D eigenvalue weighted by atomic mass is 10.2. The Balaban J connectivity index is 2.10. The number of esters is 1. The van der Waals surface area contributed by atoms with Gasteiger partial charge in [-0.3, -0.25) is 9.59 Å². The van der Waals surface area contributed by atoms with Crippen molar-refractivity contribution < 1.29 is 19.1 Å². The van der Waals surface area contributed by atoms with Gasteiger partial charge in [-0.2, -0.15) is 0 Å². The molecule has 2 rings (SSSR count). The summed E-state index contributed by atoms with van der Waals surface area (Å²) in [7, 11) is 1.25. The second kappa shape index (κ2) is 7.98. The number of ether oxygens (including phenoxy) is 1. The van der Waals surface area contributed by atoms with Crippen LogP contribution in [0.3, 0.4) is 0 Å². The highest BCUT2D eigenvalue weighted by Crippen LogP contribution is 2.26. The van der Waals surface area contributed by atoms with Gasteiger partial charge in [-0.1, -0.05) is 6.07 Å². The number of thioether (sulfide) groups is 1. The third-order valence-electron chi connectivity index (χ3n) is 3.24. The van der Waals surface area contributed by atoms with Crippen molar-refractivity contribution in [2.24, 2.45) is 0 Å². The summed E-state index contributed by atoms with van der Waals surface area (Å²) in [5, 5.41) is 6.64. The first-order chi connectivity index (χ1) is 11.5. The summed E-state index contributed by atoms with van der Waals surface area (Å²) < 4.78 is 4.63. The van der Waals surface area contributed by atoms with Crippen LogP contribution in [0.5, 0.6) is 0 Å². The van der Waals surface area contributed by atoms with E-state index in [1.54, 1.807) is 35.3 Å². The van der Waals surface area contributed by atoms with Crippen LogP contribution < -0.4 is 10.6 Å². The van der Waals surface area contributed by atoms with E-state index in [9.17, 15) is 14.4 Å². The number of carbonyl (C=O) groups is 3. The normalized spacial score (nSPS) is 10.1. The standard InChI is InChI=1S/C16H16N2O4S2/c1-9-10(5-4-6-12(9)23-3)17-14(19)15(20)18-11-7-8-24-13(11)16(21)22-2/h4-8H,1-3H3,(H,17,19)(H,18,20). The monoisotopic (exact) mass is 364 g/mol. The van der Waals surface area contributed by atoms with Crippen LogP contribution in [0.1, 0.15) is 15.2 Å². The molecule has 2 amide bonds. The first-order valence-electron chi connectivity index (χ1n) is 6.89. The SMILES string of the molecule is COC(=O)c1sccc1NC(=O)C(=O)Nc1cccc(SC)c1C. The summed E-state index contributed by atoms with van der Waals surface area (Å²) in [5.74, 6) is -2.23. The maximum atomic E-state index is 12.1. The van der Waals surface area contributed by atoms with Gasteiger partial charge in [0.25, 0.3) is 0 Å². The van der Waals surface area contributed by atoms with Crippen LogP contribution in [0.25, 0.3) is 0 Å². The zero-order chi connectivity index (χ0) is 17.7. The smallest absolute Gasteiger partial charge is 0.350 e. The van der Waals surface area contributed by atoms with Crippen LogP contribution in [0, 0.1) is 6.92 Å². The van der Waals surface area contributed by atoms with E-state index in [2.05, 4.69) is 15.4 Å². The molecule has 0 unspecified atom stereocenters. The van der Waals surface area contributed by atoms with Gasteiger partial charge in [-0.15, -0.1) is 23.1 Å². The molecule has 1 aromatic heterocycles. The molecular formula is C16H16N2O4S2. The minimum atomic E-state index is -0.854. The van der Waals surface area contributed by atoms with Crippen molar-refractivity contribution in [1.82, 2.24) is 0 Å². The second-order valence-electron chi connectivity index (χ2n) is 4.70. The molecule has 8 heteroatoms. The third-order valence-corrected chi connectivity index (χ3v) is 5.02. The van der Waals surface area contributed by atoms with Gasteiger partial charge in [0.2, 0.25) is 0 Å². The highest BCUT2D eigenvalue weighted by molar-refractivity contribution is 7.98. The first kappa shape index (κ1) is 18.0. The zero-order valence-electron chi connectivity index (χ0n) is 13.3. The summed E-state index contributed by atoms with van der Waals surface area (Å²) >= 11 is 2.68. The fraction of sp³-hybridized carbons (Fsp3) is 0.188. The lowest BCUT2D eigenvalue weighted by Crippen LogP contribution is -2.29. The number of nitrogens with one attached hydrogen (secondary N) is 2. The molecule has 24 heavy (non-hydrogen) atoms. The first-order valence-corrected chi connectivity index (χ1v) is 9.00. The van der Waals surface area contributed by atoms with Crippen LogP contribution in [-0.2, 0) is 14.3 Å². The molecule has 126 valence electrons. The van der Waals surface area contributed by atoms with Crippen molar-refractivity contribution in [2.45, 2.75) is 11.8 Å². The quantitative estimate of drug-likeness (QED) is 0.495. The Labute approximate surface area is 147 Å². The van der Waals surface area contributed by atoms with Crippen LogP contribution in [0.4, 0.5) is 11.4 Å². The van der Waals surface area contributed by atoms with E-state index >= 15 is 0 Å². The van der Waals surface area contributed by atoms with Crippen LogP contribution in [-0.4, -0.2) is 31.1 Å². The van der Waals surface area contributed by atoms with E-state index < -0.39 is 17.8 Å². The van der Waals surface area contributed by atoms with E-state index in [-0.39, 0.29) is 10.6 Å². The average Bonchev–Trinajstić information content (AvgIpc) is 3.04. The Morgan fingerprint density at radius 1 is 1.08 bits per heavy atom. The fourth-order valence-electron chi connectivity index (χ4n) is 1.99. The van der Waals surface area contributed by atoms with E-state index in [0.29, 0.717) is 5.69 Å². The molecule has 0 atom stereocenters. The zero-order valence-corrected chi connectivity index (χ0v) is 15.0. The van der Waals surface area contributed by atoms with Crippen molar-refractivity contribution in [1.29, 1.82) is 0 Å². The van der Waals surface area contributed by atoms with Crippen molar-refractivity contribution in [3.8, 4) is 0 Å². The second-order valence-corrected chi connectivity index (χ2v) is 6.46. The molecule has 0 radical (unpaired) electrons. The minimum Gasteiger partial charge on any atom is -0.465 e. The molecule has 0 bridgehead atoms. The molecular weight excluding hydrogens is 348 g/mol. The molecule has 0 saturated carbocycles. The van der Waals surface area contributed by atoms with Gasteiger partial charge < -0.3 is 15.4 Å². The molecule has 6 nitrogen and oxygen atoms in total. The van der Waals surface area contributed by atoms with Crippen LogP contribution in [0.15, 0.2) is 34.5 Å². The Bertz CT molecular complexity index is 786. The lowest BCUT2D eigenvalue weighted by Gasteiger charge is -2.11.